The summed E-state index contributed by atoms with van der Waals surface area (Å²) in [4.78, 5) is 22.8. The molecule has 31 heavy (non-hydrogen) atoms. The third-order valence-corrected chi connectivity index (χ3v) is 5.99. The Balaban J connectivity index is 1.26. The Morgan fingerprint density at radius 3 is 2.68 bits per heavy atom. The second kappa shape index (κ2) is 9.47. The summed E-state index contributed by atoms with van der Waals surface area (Å²) in [5, 5.41) is 3.77. The molecule has 7 nitrogen and oxygen atoms in total. The number of ether oxygens (including phenoxy) is 2. The van der Waals surface area contributed by atoms with Gasteiger partial charge in [-0.15, -0.1) is 0 Å². The van der Waals surface area contributed by atoms with Gasteiger partial charge in [-0.05, 0) is 55.2 Å². The van der Waals surface area contributed by atoms with Crippen molar-refractivity contribution in [3.05, 3.63) is 47.0 Å². The van der Waals surface area contributed by atoms with Crippen molar-refractivity contribution in [3.63, 3.8) is 0 Å². The Morgan fingerprint density at radius 2 is 1.94 bits per heavy atom. The van der Waals surface area contributed by atoms with Crippen LogP contribution in [0.4, 0.5) is 5.95 Å². The number of aromatic nitrogens is 2. The average Bonchev–Trinajstić information content (AvgIpc) is 3.22. The van der Waals surface area contributed by atoms with Crippen LogP contribution < -0.4 is 19.7 Å². The summed E-state index contributed by atoms with van der Waals surface area (Å²) in [6.45, 7) is 2.18. The van der Waals surface area contributed by atoms with E-state index in [1.165, 1.54) is 0 Å². The molecule has 1 aromatic heterocycles. The van der Waals surface area contributed by atoms with Crippen LogP contribution in [0.2, 0.25) is 5.02 Å². The summed E-state index contributed by atoms with van der Waals surface area (Å²) < 4.78 is 10.6. The third kappa shape index (κ3) is 4.88. The van der Waals surface area contributed by atoms with Crippen LogP contribution in [-0.4, -0.2) is 49.7 Å². The minimum Gasteiger partial charge on any atom is -0.493 e. The van der Waals surface area contributed by atoms with E-state index < -0.39 is 0 Å². The van der Waals surface area contributed by atoms with Crippen molar-refractivity contribution >= 4 is 34.5 Å². The number of fused-ring (bicyclic) bond motifs is 1. The van der Waals surface area contributed by atoms with Crippen LogP contribution in [0, 0.1) is 5.92 Å². The summed E-state index contributed by atoms with van der Waals surface area (Å²) >= 11 is 6.06. The molecule has 1 fully saturated rings. The zero-order valence-corrected chi connectivity index (χ0v) is 18.5. The van der Waals surface area contributed by atoms with Gasteiger partial charge in [0.25, 0.3) is 0 Å². The van der Waals surface area contributed by atoms with E-state index in [1.54, 1.807) is 14.2 Å². The van der Waals surface area contributed by atoms with Gasteiger partial charge in [-0.25, -0.2) is 4.98 Å². The molecule has 1 aliphatic heterocycles. The highest BCUT2D eigenvalue weighted by Gasteiger charge is 2.26. The molecule has 0 bridgehead atoms. The fourth-order valence-corrected chi connectivity index (χ4v) is 4.15. The number of hydrogen-bond donors (Lipinski definition) is 2. The van der Waals surface area contributed by atoms with E-state index in [9.17, 15) is 4.79 Å². The Bertz CT molecular complexity index is 1060. The number of aromatic amines is 1. The lowest BCUT2D eigenvalue weighted by Gasteiger charge is -2.31. The topological polar surface area (TPSA) is 79.5 Å². The Labute approximate surface area is 186 Å². The number of halogens is 1. The number of anilines is 1. The van der Waals surface area contributed by atoms with E-state index in [0.717, 1.165) is 54.9 Å². The molecule has 1 amide bonds. The molecule has 2 N–H and O–H groups in total. The van der Waals surface area contributed by atoms with Crippen LogP contribution in [0.25, 0.3) is 11.0 Å². The first-order chi connectivity index (χ1) is 15.1. The van der Waals surface area contributed by atoms with Crippen molar-refractivity contribution in [2.45, 2.75) is 19.3 Å². The second-order valence-corrected chi connectivity index (χ2v) is 8.15. The number of hydrogen-bond acceptors (Lipinski definition) is 5. The van der Waals surface area contributed by atoms with Gasteiger partial charge in [0.1, 0.15) is 0 Å². The molecule has 1 aliphatic rings. The molecule has 0 radical (unpaired) electrons. The Kier molecular flexibility index (Phi) is 6.51. The highest BCUT2D eigenvalue weighted by molar-refractivity contribution is 6.31. The van der Waals surface area contributed by atoms with Crippen LogP contribution in [0.3, 0.4) is 0 Å². The van der Waals surface area contributed by atoms with E-state index in [1.807, 2.05) is 36.4 Å². The Morgan fingerprint density at radius 1 is 1.16 bits per heavy atom. The van der Waals surface area contributed by atoms with Gasteiger partial charge in [0, 0.05) is 30.6 Å². The van der Waals surface area contributed by atoms with Crippen LogP contribution in [0.15, 0.2) is 36.4 Å². The fraction of sp³-hybridized carbons (Fsp3) is 0.391. The summed E-state index contributed by atoms with van der Waals surface area (Å²) in [7, 11) is 3.24. The number of H-pyrrole nitrogens is 1. The lowest BCUT2D eigenvalue weighted by molar-refractivity contribution is -0.125. The number of nitrogens with one attached hydrogen (secondary N) is 2. The number of methoxy groups -OCH3 is 2. The van der Waals surface area contributed by atoms with E-state index in [4.69, 9.17) is 21.1 Å². The zero-order valence-electron chi connectivity index (χ0n) is 17.8. The van der Waals surface area contributed by atoms with Gasteiger partial charge in [-0.1, -0.05) is 17.7 Å². The standard InChI is InChI=1S/C23H27ClN4O3/c1-30-20-6-3-15(13-21(20)31-2)7-10-25-22(29)16-8-11-28(12-9-16)23-26-18-5-4-17(24)14-19(18)27-23/h3-6,13-14,16H,7-12H2,1-2H3,(H,25,29)(H,26,27). The number of rotatable bonds is 7. The van der Waals surface area contributed by atoms with Crippen molar-refractivity contribution in [3.8, 4) is 11.5 Å². The highest BCUT2D eigenvalue weighted by Crippen LogP contribution is 2.28. The third-order valence-electron chi connectivity index (χ3n) is 5.76. The minimum atomic E-state index is 0.0282. The SMILES string of the molecule is COc1ccc(CCNC(=O)C2CCN(c3nc4ccc(Cl)cc4[nH]3)CC2)cc1OC. The first-order valence-electron chi connectivity index (χ1n) is 10.5. The van der Waals surface area contributed by atoms with Gasteiger partial charge < -0.3 is 24.7 Å². The number of benzene rings is 2. The van der Waals surface area contributed by atoms with Crippen molar-refractivity contribution in [1.82, 2.24) is 15.3 Å². The number of amides is 1. The van der Waals surface area contributed by atoms with Crippen LogP contribution in [0.1, 0.15) is 18.4 Å². The van der Waals surface area contributed by atoms with Gasteiger partial charge in [0.2, 0.25) is 11.9 Å². The van der Waals surface area contributed by atoms with Gasteiger partial charge in [-0.3, -0.25) is 4.79 Å². The molecule has 164 valence electrons. The fourth-order valence-electron chi connectivity index (χ4n) is 3.98. The number of nitrogens with zero attached hydrogens (tertiary/aromatic N) is 2. The minimum absolute atomic E-state index is 0.0282. The predicted octanol–water partition coefficient (Wildman–Crippen LogP) is 3.81. The van der Waals surface area contributed by atoms with Crippen molar-refractivity contribution < 1.29 is 14.3 Å². The molecule has 0 spiro atoms. The first-order valence-corrected chi connectivity index (χ1v) is 10.8. The summed E-state index contributed by atoms with van der Waals surface area (Å²) in [6, 6.07) is 11.5. The molecule has 2 heterocycles. The van der Waals surface area contributed by atoms with Gasteiger partial charge >= 0.3 is 0 Å². The summed E-state index contributed by atoms with van der Waals surface area (Å²) in [5.41, 5.74) is 2.92. The van der Waals surface area contributed by atoms with E-state index in [-0.39, 0.29) is 11.8 Å². The number of carbonyl (C=O) groups is 1. The molecule has 8 heteroatoms. The largest absolute Gasteiger partial charge is 0.493 e. The maximum atomic E-state index is 12.6. The van der Waals surface area contributed by atoms with Gasteiger partial charge in [0.05, 0.1) is 25.3 Å². The van der Waals surface area contributed by atoms with E-state index in [0.29, 0.717) is 23.1 Å². The second-order valence-electron chi connectivity index (χ2n) is 7.71. The molecule has 1 saturated heterocycles. The van der Waals surface area contributed by atoms with Crippen molar-refractivity contribution in [2.24, 2.45) is 5.92 Å². The maximum Gasteiger partial charge on any atom is 0.223 e. The van der Waals surface area contributed by atoms with Gasteiger partial charge in [0.15, 0.2) is 11.5 Å². The average molecular weight is 443 g/mol. The normalized spacial score (nSPS) is 14.6. The van der Waals surface area contributed by atoms with E-state index in [2.05, 4.69) is 20.2 Å². The maximum absolute atomic E-state index is 12.6. The molecule has 0 saturated carbocycles. The summed E-state index contributed by atoms with van der Waals surface area (Å²) in [6.07, 6.45) is 2.35. The lowest BCUT2D eigenvalue weighted by atomic mass is 9.96. The van der Waals surface area contributed by atoms with Crippen LogP contribution in [0.5, 0.6) is 11.5 Å². The van der Waals surface area contributed by atoms with E-state index >= 15 is 0 Å². The van der Waals surface area contributed by atoms with Crippen LogP contribution in [-0.2, 0) is 11.2 Å². The molecule has 2 aromatic carbocycles. The first kappa shape index (κ1) is 21.3. The molecular formula is C23H27ClN4O3. The lowest BCUT2D eigenvalue weighted by Crippen LogP contribution is -2.41. The van der Waals surface area contributed by atoms with Crippen LogP contribution >= 0.6 is 11.6 Å². The molecule has 0 atom stereocenters. The monoisotopic (exact) mass is 442 g/mol. The molecule has 4 rings (SSSR count). The van der Waals surface area contributed by atoms with Crippen molar-refractivity contribution in [1.29, 1.82) is 0 Å². The van der Waals surface area contributed by atoms with Crippen molar-refractivity contribution in [2.75, 3.05) is 38.8 Å². The smallest absolute Gasteiger partial charge is 0.223 e. The molecule has 0 aliphatic carbocycles. The number of piperidine rings is 1. The molecule has 3 aromatic rings. The number of imidazole rings is 1. The predicted molar refractivity (Wildman–Crippen MR) is 122 cm³/mol. The molecule has 0 unspecified atom stereocenters. The van der Waals surface area contributed by atoms with Gasteiger partial charge in [-0.2, -0.15) is 0 Å². The zero-order chi connectivity index (χ0) is 21.8. The highest BCUT2D eigenvalue weighted by atomic mass is 35.5. The number of carbonyl (C=O) groups excluding carboxylic acids is 1. The quantitative estimate of drug-likeness (QED) is 0.581. The Hall–Kier alpha value is -2.93. The molecular weight excluding hydrogens is 416 g/mol. The summed E-state index contributed by atoms with van der Waals surface area (Å²) in [5.74, 6) is 2.39.